The molecule has 2 N–H and O–H groups in total. The maximum Gasteiger partial charge on any atom is 0.0446 e. The van der Waals surface area contributed by atoms with E-state index in [-0.39, 0.29) is 6.61 Å². The molecule has 4 nitrogen and oxygen atoms in total. The van der Waals surface area contributed by atoms with Gasteiger partial charge in [0.2, 0.25) is 0 Å². The van der Waals surface area contributed by atoms with Gasteiger partial charge in [-0.05, 0) is 37.5 Å². The van der Waals surface area contributed by atoms with Crippen molar-refractivity contribution in [3.05, 3.63) is 30.1 Å². The summed E-state index contributed by atoms with van der Waals surface area (Å²) in [6.45, 7) is 5.57. The molecule has 1 fully saturated rings. The molecule has 0 aliphatic carbocycles. The minimum absolute atomic E-state index is 0.257. The SMILES string of the molecule is CC1CCN(Cc2ccncc2)CC(CCO)N1. The molecule has 0 spiro atoms. The molecule has 4 heteroatoms. The van der Waals surface area contributed by atoms with E-state index in [1.54, 1.807) is 0 Å². The zero-order valence-corrected chi connectivity index (χ0v) is 11.0. The highest BCUT2D eigenvalue weighted by molar-refractivity contribution is 5.09. The van der Waals surface area contributed by atoms with Gasteiger partial charge in [-0.15, -0.1) is 0 Å². The van der Waals surface area contributed by atoms with Gasteiger partial charge in [-0.3, -0.25) is 9.88 Å². The lowest BCUT2D eigenvalue weighted by Crippen LogP contribution is -2.40. The van der Waals surface area contributed by atoms with E-state index in [9.17, 15) is 0 Å². The van der Waals surface area contributed by atoms with Crippen molar-refractivity contribution < 1.29 is 5.11 Å². The highest BCUT2D eigenvalue weighted by Crippen LogP contribution is 2.11. The summed E-state index contributed by atoms with van der Waals surface area (Å²) >= 11 is 0. The van der Waals surface area contributed by atoms with Crippen molar-refractivity contribution in [1.29, 1.82) is 0 Å². The number of pyridine rings is 1. The van der Waals surface area contributed by atoms with Gasteiger partial charge >= 0.3 is 0 Å². The second-order valence-electron chi connectivity index (χ2n) is 5.16. The Hall–Kier alpha value is -0.970. The molecule has 18 heavy (non-hydrogen) atoms. The van der Waals surface area contributed by atoms with Gasteiger partial charge in [0.1, 0.15) is 0 Å². The quantitative estimate of drug-likeness (QED) is 0.836. The average Bonchev–Trinajstić information content (AvgIpc) is 2.53. The lowest BCUT2D eigenvalue weighted by Gasteiger charge is -2.24. The highest BCUT2D eigenvalue weighted by Gasteiger charge is 2.20. The molecule has 1 aliphatic rings. The van der Waals surface area contributed by atoms with Crippen molar-refractivity contribution in [2.24, 2.45) is 0 Å². The van der Waals surface area contributed by atoms with Crippen LogP contribution in [-0.4, -0.2) is 46.8 Å². The molecule has 2 unspecified atom stereocenters. The van der Waals surface area contributed by atoms with Crippen LogP contribution in [-0.2, 0) is 6.54 Å². The second-order valence-corrected chi connectivity index (χ2v) is 5.16. The van der Waals surface area contributed by atoms with Gasteiger partial charge < -0.3 is 10.4 Å². The summed E-state index contributed by atoms with van der Waals surface area (Å²) in [5.41, 5.74) is 1.31. The third kappa shape index (κ3) is 4.05. The number of nitrogens with zero attached hydrogens (tertiary/aromatic N) is 2. The molecule has 1 aliphatic heterocycles. The fraction of sp³-hybridized carbons (Fsp3) is 0.643. The third-order valence-corrected chi connectivity index (χ3v) is 3.51. The summed E-state index contributed by atoms with van der Waals surface area (Å²) < 4.78 is 0. The lowest BCUT2D eigenvalue weighted by atomic mass is 10.2. The fourth-order valence-electron chi connectivity index (χ4n) is 2.54. The third-order valence-electron chi connectivity index (χ3n) is 3.51. The number of aliphatic hydroxyl groups excluding tert-OH is 1. The van der Waals surface area contributed by atoms with Crippen LogP contribution < -0.4 is 5.32 Å². The van der Waals surface area contributed by atoms with Crippen LogP contribution in [0.4, 0.5) is 0 Å². The first kappa shape index (κ1) is 13.5. The van der Waals surface area contributed by atoms with E-state index < -0.39 is 0 Å². The monoisotopic (exact) mass is 249 g/mol. The molecular formula is C14H23N3O. The Morgan fingerprint density at radius 3 is 2.94 bits per heavy atom. The molecule has 2 heterocycles. The first-order valence-corrected chi connectivity index (χ1v) is 6.76. The Kier molecular flexibility index (Phi) is 5.11. The Labute approximate surface area is 109 Å². The summed E-state index contributed by atoms with van der Waals surface area (Å²) in [4.78, 5) is 6.51. The van der Waals surface area contributed by atoms with E-state index in [0.29, 0.717) is 12.1 Å². The maximum atomic E-state index is 9.11. The van der Waals surface area contributed by atoms with Crippen LogP contribution in [0, 0.1) is 0 Å². The van der Waals surface area contributed by atoms with E-state index in [4.69, 9.17) is 5.11 Å². The summed E-state index contributed by atoms with van der Waals surface area (Å²) in [7, 11) is 0. The summed E-state index contributed by atoms with van der Waals surface area (Å²) in [6, 6.07) is 5.07. The molecule has 0 amide bonds. The largest absolute Gasteiger partial charge is 0.396 e. The van der Waals surface area contributed by atoms with Crippen LogP contribution >= 0.6 is 0 Å². The van der Waals surface area contributed by atoms with Gasteiger partial charge in [0.15, 0.2) is 0 Å². The van der Waals surface area contributed by atoms with Gasteiger partial charge in [0, 0.05) is 50.7 Å². The normalized spacial score (nSPS) is 25.9. The van der Waals surface area contributed by atoms with Crippen molar-refractivity contribution in [1.82, 2.24) is 15.2 Å². The predicted molar refractivity (Wildman–Crippen MR) is 72.2 cm³/mol. The Morgan fingerprint density at radius 1 is 1.44 bits per heavy atom. The van der Waals surface area contributed by atoms with E-state index in [2.05, 4.69) is 34.3 Å². The van der Waals surface area contributed by atoms with Gasteiger partial charge in [-0.2, -0.15) is 0 Å². The maximum absolute atomic E-state index is 9.11. The molecule has 2 atom stereocenters. The van der Waals surface area contributed by atoms with Crippen molar-refractivity contribution in [3.63, 3.8) is 0 Å². The first-order chi connectivity index (χ1) is 8.78. The number of aromatic nitrogens is 1. The summed E-state index contributed by atoms with van der Waals surface area (Å²) in [5.74, 6) is 0. The number of rotatable bonds is 4. The topological polar surface area (TPSA) is 48.4 Å². The zero-order chi connectivity index (χ0) is 12.8. The smallest absolute Gasteiger partial charge is 0.0446 e. The number of aliphatic hydroxyl groups is 1. The minimum Gasteiger partial charge on any atom is -0.396 e. The van der Waals surface area contributed by atoms with Gasteiger partial charge in [-0.1, -0.05) is 0 Å². The Morgan fingerprint density at radius 2 is 2.22 bits per heavy atom. The van der Waals surface area contributed by atoms with Gasteiger partial charge in [0.05, 0.1) is 0 Å². The van der Waals surface area contributed by atoms with Gasteiger partial charge in [0.25, 0.3) is 0 Å². The van der Waals surface area contributed by atoms with Crippen molar-refractivity contribution in [2.75, 3.05) is 19.7 Å². The van der Waals surface area contributed by atoms with Crippen molar-refractivity contribution in [2.45, 2.75) is 38.4 Å². The summed E-state index contributed by atoms with van der Waals surface area (Å²) in [5, 5.41) is 12.7. The van der Waals surface area contributed by atoms with Crippen LogP contribution in [0.3, 0.4) is 0 Å². The lowest BCUT2D eigenvalue weighted by molar-refractivity contribution is 0.222. The van der Waals surface area contributed by atoms with Crippen LogP contribution in [0.25, 0.3) is 0 Å². The Balaban J connectivity index is 1.94. The number of nitrogens with one attached hydrogen (secondary N) is 1. The minimum atomic E-state index is 0.257. The molecule has 0 aromatic carbocycles. The molecule has 0 radical (unpaired) electrons. The average molecular weight is 249 g/mol. The predicted octanol–water partition coefficient (Wildman–Crippen LogP) is 1.02. The molecule has 100 valence electrons. The zero-order valence-electron chi connectivity index (χ0n) is 11.0. The molecular weight excluding hydrogens is 226 g/mol. The van der Waals surface area contributed by atoms with Crippen molar-refractivity contribution >= 4 is 0 Å². The molecule has 0 saturated carbocycles. The Bertz CT molecular complexity index is 344. The van der Waals surface area contributed by atoms with E-state index in [1.165, 1.54) is 5.56 Å². The van der Waals surface area contributed by atoms with E-state index in [0.717, 1.165) is 32.5 Å². The van der Waals surface area contributed by atoms with Crippen LogP contribution in [0.15, 0.2) is 24.5 Å². The van der Waals surface area contributed by atoms with Crippen LogP contribution in [0.5, 0.6) is 0 Å². The summed E-state index contributed by atoms with van der Waals surface area (Å²) in [6.07, 6.45) is 5.68. The van der Waals surface area contributed by atoms with Crippen LogP contribution in [0.1, 0.15) is 25.3 Å². The van der Waals surface area contributed by atoms with Gasteiger partial charge in [-0.25, -0.2) is 0 Å². The molecule has 2 rings (SSSR count). The molecule has 1 aromatic heterocycles. The fourth-order valence-corrected chi connectivity index (χ4v) is 2.54. The van der Waals surface area contributed by atoms with E-state index >= 15 is 0 Å². The van der Waals surface area contributed by atoms with Crippen molar-refractivity contribution in [3.8, 4) is 0 Å². The number of hydrogen-bond acceptors (Lipinski definition) is 4. The molecule has 1 aromatic rings. The standard InChI is InChI=1S/C14H23N3O/c1-12-4-8-17(11-14(16-12)5-9-18)10-13-2-6-15-7-3-13/h2-3,6-7,12,14,16,18H,4-5,8-11H2,1H3. The molecule has 1 saturated heterocycles. The molecule has 0 bridgehead atoms. The van der Waals surface area contributed by atoms with Crippen LogP contribution in [0.2, 0.25) is 0 Å². The first-order valence-electron chi connectivity index (χ1n) is 6.76. The number of hydrogen-bond donors (Lipinski definition) is 2. The second kappa shape index (κ2) is 6.83. The van der Waals surface area contributed by atoms with E-state index in [1.807, 2.05) is 12.4 Å². The highest BCUT2D eigenvalue weighted by atomic mass is 16.3.